The second-order valence-electron chi connectivity index (χ2n) is 11.8. The van der Waals surface area contributed by atoms with Crippen LogP contribution in [0.15, 0.2) is 73.1 Å². The molecule has 1 aliphatic rings. The van der Waals surface area contributed by atoms with E-state index in [1.165, 1.54) is 0 Å². The van der Waals surface area contributed by atoms with Crippen LogP contribution in [0.2, 0.25) is 0 Å². The number of aromatic nitrogens is 2. The predicted molar refractivity (Wildman–Crippen MR) is 175 cm³/mol. The van der Waals surface area contributed by atoms with Gasteiger partial charge in [-0.15, -0.1) is 0 Å². The summed E-state index contributed by atoms with van der Waals surface area (Å²) < 4.78 is 11.9. The van der Waals surface area contributed by atoms with E-state index in [1.807, 2.05) is 49.5 Å². The van der Waals surface area contributed by atoms with E-state index in [0.717, 1.165) is 69.2 Å². The van der Waals surface area contributed by atoms with Crippen molar-refractivity contribution < 1.29 is 24.2 Å². The summed E-state index contributed by atoms with van der Waals surface area (Å²) in [6, 6.07) is 18.5. The number of fused-ring (bicyclic) bond motifs is 2. The number of carbonyl (C=O) groups is 2. The molecule has 5 aromatic rings. The van der Waals surface area contributed by atoms with Crippen LogP contribution in [0.4, 0.5) is 0 Å². The number of ether oxygens (including phenoxy) is 2. The van der Waals surface area contributed by atoms with Gasteiger partial charge < -0.3 is 29.9 Å². The monoisotopic (exact) mass is 608 g/mol. The molecule has 3 atom stereocenters. The summed E-state index contributed by atoms with van der Waals surface area (Å²) in [5.74, 6) is -0.619. The number of carboxylic acids is 1. The highest BCUT2D eigenvalue weighted by atomic mass is 16.5. The van der Waals surface area contributed by atoms with E-state index in [2.05, 4.69) is 39.2 Å². The molecular formula is C36H40N4O5. The van der Waals surface area contributed by atoms with E-state index in [-0.39, 0.29) is 18.6 Å². The molecule has 3 heterocycles. The largest absolute Gasteiger partial charge is 0.496 e. The van der Waals surface area contributed by atoms with E-state index in [1.54, 1.807) is 25.4 Å². The number of rotatable bonds is 11. The van der Waals surface area contributed by atoms with E-state index in [0.29, 0.717) is 18.7 Å². The van der Waals surface area contributed by atoms with Crippen molar-refractivity contribution in [2.75, 3.05) is 20.3 Å². The van der Waals surface area contributed by atoms with Crippen molar-refractivity contribution in [3.8, 4) is 5.75 Å². The fourth-order valence-electron chi connectivity index (χ4n) is 6.71. The van der Waals surface area contributed by atoms with Crippen molar-refractivity contribution in [2.24, 2.45) is 0 Å². The minimum Gasteiger partial charge on any atom is -0.496 e. The minimum absolute atomic E-state index is 0.0704. The Bertz CT molecular complexity index is 1810. The van der Waals surface area contributed by atoms with Crippen molar-refractivity contribution in [1.29, 1.82) is 0 Å². The summed E-state index contributed by atoms with van der Waals surface area (Å²) in [6.07, 6.45) is 5.86. The standard InChI is InChI=1S/C36H40N4O5/c1-4-45-26-14-16-40(21-29-28-13-15-37-34(28)22(2)17-33(29)44-3)32(19-26)23-9-11-24(12-10-23)35(41)39-31(36(42)43)18-25-20-38-30-8-6-5-7-27(25)30/h5-13,15,17,20,26,31-32,37-38H,4,14,16,18-19,21H2,1-3H3,(H,39,41)(H,42,43)/t26-,31+,32+/m1/s1. The molecule has 45 heavy (non-hydrogen) atoms. The summed E-state index contributed by atoms with van der Waals surface area (Å²) >= 11 is 0. The van der Waals surface area contributed by atoms with Gasteiger partial charge >= 0.3 is 5.97 Å². The van der Waals surface area contributed by atoms with Crippen LogP contribution in [0.5, 0.6) is 5.75 Å². The van der Waals surface area contributed by atoms with Crippen LogP contribution in [0.1, 0.15) is 58.4 Å². The maximum Gasteiger partial charge on any atom is 0.326 e. The molecule has 0 saturated carbocycles. The first-order valence-electron chi connectivity index (χ1n) is 15.5. The third kappa shape index (κ3) is 6.32. The van der Waals surface area contributed by atoms with Gasteiger partial charge in [0.2, 0.25) is 0 Å². The van der Waals surface area contributed by atoms with E-state index in [9.17, 15) is 14.7 Å². The lowest BCUT2D eigenvalue weighted by Gasteiger charge is -2.40. The number of benzene rings is 3. The molecule has 0 aliphatic carbocycles. The number of methoxy groups -OCH3 is 1. The molecule has 0 spiro atoms. The number of hydrogen-bond donors (Lipinski definition) is 4. The molecule has 234 valence electrons. The average molecular weight is 609 g/mol. The lowest BCUT2D eigenvalue weighted by Crippen LogP contribution is -2.42. The van der Waals surface area contributed by atoms with Gasteiger partial charge in [-0.1, -0.05) is 30.3 Å². The number of aromatic amines is 2. The van der Waals surface area contributed by atoms with Gasteiger partial charge in [0.15, 0.2) is 0 Å². The zero-order chi connectivity index (χ0) is 31.5. The zero-order valence-electron chi connectivity index (χ0n) is 25.9. The second kappa shape index (κ2) is 13.2. The van der Waals surface area contributed by atoms with Crippen molar-refractivity contribution in [1.82, 2.24) is 20.2 Å². The first kappa shape index (κ1) is 30.4. The predicted octanol–water partition coefficient (Wildman–Crippen LogP) is 6.13. The van der Waals surface area contributed by atoms with E-state index >= 15 is 0 Å². The Morgan fingerprint density at radius 1 is 1.09 bits per heavy atom. The Hall–Kier alpha value is -4.60. The maximum atomic E-state index is 13.2. The summed E-state index contributed by atoms with van der Waals surface area (Å²) in [4.78, 5) is 34.4. The van der Waals surface area contributed by atoms with Crippen molar-refractivity contribution in [3.63, 3.8) is 0 Å². The highest BCUT2D eigenvalue weighted by Crippen LogP contribution is 2.38. The molecule has 1 saturated heterocycles. The molecule has 0 unspecified atom stereocenters. The van der Waals surface area contributed by atoms with Gasteiger partial charge in [-0.05, 0) is 73.7 Å². The number of H-pyrrole nitrogens is 2. The fraction of sp³-hybridized carbons (Fsp3) is 0.333. The highest BCUT2D eigenvalue weighted by molar-refractivity contribution is 5.97. The number of nitrogens with zero attached hydrogens (tertiary/aromatic N) is 1. The first-order chi connectivity index (χ1) is 21.9. The summed E-state index contributed by atoms with van der Waals surface area (Å²) in [5.41, 5.74) is 6.68. The van der Waals surface area contributed by atoms with E-state index in [4.69, 9.17) is 9.47 Å². The number of amides is 1. The number of carboxylic acid groups (broad SMARTS) is 1. The number of nitrogens with one attached hydrogen (secondary N) is 3. The van der Waals surface area contributed by atoms with Gasteiger partial charge in [-0.3, -0.25) is 9.69 Å². The zero-order valence-corrected chi connectivity index (χ0v) is 25.9. The third-order valence-electron chi connectivity index (χ3n) is 9.02. The van der Waals surface area contributed by atoms with Crippen molar-refractivity contribution >= 4 is 33.7 Å². The Kier molecular flexibility index (Phi) is 8.91. The van der Waals surface area contributed by atoms with Crippen molar-refractivity contribution in [2.45, 2.75) is 57.8 Å². The molecule has 1 aliphatic heterocycles. The number of para-hydroxylation sites is 1. The number of aryl methyl sites for hydroxylation is 1. The normalized spacial score (nSPS) is 17.8. The number of aliphatic carboxylic acids is 1. The molecule has 6 rings (SSSR count). The fourth-order valence-corrected chi connectivity index (χ4v) is 6.71. The van der Waals surface area contributed by atoms with Crippen LogP contribution >= 0.6 is 0 Å². The number of hydrogen-bond acceptors (Lipinski definition) is 5. The topological polar surface area (TPSA) is 120 Å². The van der Waals surface area contributed by atoms with Crippen LogP contribution in [0.3, 0.4) is 0 Å². The molecule has 1 amide bonds. The molecule has 9 heteroatoms. The lowest BCUT2D eigenvalue weighted by atomic mass is 9.91. The van der Waals surface area contributed by atoms with Gasteiger partial charge in [-0.25, -0.2) is 4.79 Å². The molecule has 0 bridgehead atoms. The summed E-state index contributed by atoms with van der Waals surface area (Å²) in [6.45, 7) is 6.33. The van der Waals surface area contributed by atoms with Crippen molar-refractivity contribution in [3.05, 3.63) is 101 Å². The Morgan fingerprint density at radius 2 is 1.89 bits per heavy atom. The SMILES string of the molecule is CCO[C@@H]1CCN(Cc2c(OC)cc(C)c3[nH]ccc23)[C@H](c2ccc(C(=O)N[C@@H](Cc3c[nH]c4ccccc34)C(=O)O)cc2)C1. The van der Waals surface area contributed by atoms with Gasteiger partial charge in [0.05, 0.1) is 13.2 Å². The number of piperidine rings is 1. The van der Waals surface area contributed by atoms with Crippen LogP contribution in [0.25, 0.3) is 21.8 Å². The smallest absolute Gasteiger partial charge is 0.326 e. The number of likely N-dealkylation sites (tertiary alicyclic amines) is 1. The van der Waals surface area contributed by atoms with E-state index < -0.39 is 17.9 Å². The minimum atomic E-state index is -1.08. The highest BCUT2D eigenvalue weighted by Gasteiger charge is 2.31. The molecule has 2 aromatic heterocycles. The molecule has 3 aromatic carbocycles. The summed E-state index contributed by atoms with van der Waals surface area (Å²) in [5, 5.41) is 14.8. The summed E-state index contributed by atoms with van der Waals surface area (Å²) in [7, 11) is 1.72. The Labute approximate surface area is 262 Å². The first-order valence-corrected chi connectivity index (χ1v) is 15.5. The lowest BCUT2D eigenvalue weighted by molar-refractivity contribution is -0.139. The van der Waals surface area contributed by atoms with Gasteiger partial charge in [0, 0.05) is 77.5 Å². The second-order valence-corrected chi connectivity index (χ2v) is 11.8. The molecule has 1 fully saturated rings. The van der Waals surface area contributed by atoms with Gasteiger partial charge in [-0.2, -0.15) is 0 Å². The third-order valence-corrected chi connectivity index (χ3v) is 9.02. The Morgan fingerprint density at radius 3 is 2.64 bits per heavy atom. The van der Waals surface area contributed by atoms with Crippen LogP contribution in [-0.2, 0) is 22.5 Å². The van der Waals surface area contributed by atoms with Crippen LogP contribution in [-0.4, -0.2) is 64.3 Å². The number of carbonyl (C=O) groups excluding carboxylic acids is 1. The van der Waals surface area contributed by atoms with Gasteiger partial charge in [0.1, 0.15) is 11.8 Å². The molecule has 9 nitrogen and oxygen atoms in total. The molecular weight excluding hydrogens is 568 g/mol. The van der Waals surface area contributed by atoms with Crippen LogP contribution in [0, 0.1) is 6.92 Å². The average Bonchev–Trinajstić information content (AvgIpc) is 3.71. The maximum absolute atomic E-state index is 13.2. The Balaban J connectivity index is 1.21. The quantitative estimate of drug-likeness (QED) is 0.143. The van der Waals surface area contributed by atoms with Crippen LogP contribution < -0.4 is 10.1 Å². The molecule has 0 radical (unpaired) electrons. The molecule has 4 N–H and O–H groups in total. The van der Waals surface area contributed by atoms with Gasteiger partial charge in [0.25, 0.3) is 5.91 Å².